The van der Waals surface area contributed by atoms with Crippen LogP contribution in [0.3, 0.4) is 0 Å². The Kier molecular flexibility index (Phi) is 10.5. The Morgan fingerprint density at radius 2 is 1.76 bits per heavy atom. The minimum Gasteiger partial charge on any atom is -0.475 e. The van der Waals surface area contributed by atoms with Gasteiger partial charge >= 0.3 is 24.3 Å². The number of hydrogen-bond donors (Lipinski definition) is 2. The molecule has 0 bridgehead atoms. The summed E-state index contributed by atoms with van der Waals surface area (Å²) >= 11 is 0. The number of likely N-dealkylation sites (tertiary alicyclic amines) is 1. The van der Waals surface area contributed by atoms with Crippen molar-refractivity contribution in [2.75, 3.05) is 40.0 Å². The molecule has 0 radical (unpaired) electrons. The zero-order valence-corrected chi connectivity index (χ0v) is 19.9. The molecular weight excluding hydrogens is 530 g/mol. The number of carbonyl (C=O) groups is 2. The fourth-order valence-corrected chi connectivity index (χ4v) is 3.71. The number of aliphatic carboxylic acids is 2. The fraction of sp³-hybridized carbons (Fsp3) is 0.500. The van der Waals surface area contributed by atoms with Crippen LogP contribution < -0.4 is 0 Å². The molecule has 1 unspecified atom stereocenters. The number of pyridine rings is 1. The average Bonchev–Trinajstić information content (AvgIpc) is 3.26. The molecule has 0 aliphatic carbocycles. The number of ether oxygens (including phenoxy) is 2. The Hall–Kier alpha value is -3.37. The Labute approximate surface area is 212 Å². The van der Waals surface area contributed by atoms with E-state index in [-0.39, 0.29) is 5.41 Å². The third-order valence-electron chi connectivity index (χ3n) is 5.45. The zero-order chi connectivity index (χ0) is 28.6. The van der Waals surface area contributed by atoms with Crippen LogP contribution in [0.4, 0.5) is 26.3 Å². The number of aromatic nitrogens is 3. The predicted octanol–water partition coefficient (Wildman–Crippen LogP) is 2.93. The maximum Gasteiger partial charge on any atom is 0.490 e. The summed E-state index contributed by atoms with van der Waals surface area (Å²) < 4.78 is 74.6. The smallest absolute Gasteiger partial charge is 0.475 e. The molecule has 1 fully saturated rings. The van der Waals surface area contributed by atoms with E-state index in [9.17, 15) is 26.3 Å². The molecule has 10 nitrogen and oxygen atoms in total. The first-order valence-corrected chi connectivity index (χ1v) is 10.9. The number of alkyl halides is 6. The monoisotopic (exact) mass is 554 g/mol. The minimum atomic E-state index is -5.08. The van der Waals surface area contributed by atoms with Gasteiger partial charge in [0, 0.05) is 49.9 Å². The number of fused-ring (bicyclic) bond motifs is 2. The van der Waals surface area contributed by atoms with E-state index in [1.165, 1.54) is 0 Å². The summed E-state index contributed by atoms with van der Waals surface area (Å²) in [5.74, 6) is -4.77. The van der Waals surface area contributed by atoms with Crippen LogP contribution in [0.5, 0.6) is 0 Å². The van der Waals surface area contributed by atoms with E-state index in [0.717, 1.165) is 61.9 Å². The van der Waals surface area contributed by atoms with E-state index in [4.69, 9.17) is 34.3 Å². The van der Waals surface area contributed by atoms with Gasteiger partial charge in [-0.3, -0.25) is 9.88 Å². The average molecular weight is 554 g/mol. The lowest BCUT2D eigenvalue weighted by Gasteiger charge is -2.34. The second-order valence-corrected chi connectivity index (χ2v) is 8.21. The van der Waals surface area contributed by atoms with Crippen LogP contribution in [0.25, 0.3) is 11.4 Å². The Morgan fingerprint density at radius 3 is 2.29 bits per heavy atom. The standard InChI is InChI=1S/C18H22N4O2.2C2HF3O2/c1-23-8-7-22-6-4-18(12-22)13-24-11-15-10-20-17(21-16(15)18)14-3-2-5-19-9-14;2*3-2(4,5)1(6)7/h2-3,5,9-10H,4,6-8,11-13H2,1H3;2*(H,6,7). The minimum absolute atomic E-state index is 0.0266. The van der Waals surface area contributed by atoms with Crippen LogP contribution in [0.1, 0.15) is 17.7 Å². The first-order valence-electron chi connectivity index (χ1n) is 10.9. The number of methoxy groups -OCH3 is 1. The summed E-state index contributed by atoms with van der Waals surface area (Å²) in [6.07, 6.45) is -3.61. The van der Waals surface area contributed by atoms with Gasteiger partial charge in [-0.1, -0.05) is 0 Å². The molecule has 1 spiro atoms. The van der Waals surface area contributed by atoms with Crippen LogP contribution in [0.2, 0.25) is 0 Å². The van der Waals surface area contributed by atoms with E-state index in [1.807, 2.05) is 24.5 Å². The molecule has 210 valence electrons. The van der Waals surface area contributed by atoms with Gasteiger partial charge in [0.1, 0.15) is 0 Å². The van der Waals surface area contributed by atoms with Crippen LogP contribution in [0, 0.1) is 0 Å². The van der Waals surface area contributed by atoms with Crippen molar-refractivity contribution in [1.82, 2.24) is 19.9 Å². The SMILES string of the molecule is COCCN1CCC2(COCc3cnc(-c4cccnc4)nc32)C1.O=C(O)C(F)(F)F.O=C(O)C(F)(F)F. The van der Waals surface area contributed by atoms with Crippen LogP contribution in [-0.4, -0.2) is 94.3 Å². The van der Waals surface area contributed by atoms with Gasteiger partial charge in [-0.05, 0) is 25.1 Å². The van der Waals surface area contributed by atoms with Gasteiger partial charge in [-0.15, -0.1) is 0 Å². The summed E-state index contributed by atoms with van der Waals surface area (Å²) in [6.45, 7) is 5.06. The molecule has 2 aliphatic heterocycles. The fourth-order valence-electron chi connectivity index (χ4n) is 3.71. The van der Waals surface area contributed by atoms with E-state index in [2.05, 4.69) is 14.9 Å². The Balaban J connectivity index is 0.000000301. The van der Waals surface area contributed by atoms with E-state index in [0.29, 0.717) is 6.61 Å². The van der Waals surface area contributed by atoms with Crippen molar-refractivity contribution in [2.24, 2.45) is 0 Å². The van der Waals surface area contributed by atoms with E-state index >= 15 is 0 Å². The lowest BCUT2D eigenvalue weighted by Crippen LogP contribution is -2.41. The predicted molar refractivity (Wildman–Crippen MR) is 117 cm³/mol. The van der Waals surface area contributed by atoms with Crippen molar-refractivity contribution in [3.63, 3.8) is 0 Å². The molecule has 1 saturated heterocycles. The molecule has 0 aromatic carbocycles. The molecule has 0 amide bonds. The van der Waals surface area contributed by atoms with Crippen molar-refractivity contribution in [3.05, 3.63) is 42.0 Å². The third kappa shape index (κ3) is 8.59. The normalized spacial score (nSPS) is 19.0. The first kappa shape index (κ1) is 30.9. The molecule has 38 heavy (non-hydrogen) atoms. The second kappa shape index (κ2) is 12.9. The van der Waals surface area contributed by atoms with Gasteiger partial charge in [-0.25, -0.2) is 19.6 Å². The lowest BCUT2D eigenvalue weighted by molar-refractivity contribution is -0.193. The third-order valence-corrected chi connectivity index (χ3v) is 5.45. The Bertz CT molecular complexity index is 1060. The highest BCUT2D eigenvalue weighted by atomic mass is 19.4. The molecule has 1 atom stereocenters. The second-order valence-electron chi connectivity index (χ2n) is 8.21. The molecule has 0 saturated carbocycles. The topological polar surface area (TPSA) is 135 Å². The maximum atomic E-state index is 10.6. The summed E-state index contributed by atoms with van der Waals surface area (Å²) in [5, 5.41) is 14.2. The first-order chi connectivity index (χ1) is 17.7. The summed E-state index contributed by atoms with van der Waals surface area (Å²) in [7, 11) is 1.75. The number of carboxylic acid groups (broad SMARTS) is 2. The summed E-state index contributed by atoms with van der Waals surface area (Å²) in [4.78, 5) is 33.9. The summed E-state index contributed by atoms with van der Waals surface area (Å²) in [6, 6.07) is 3.92. The van der Waals surface area contributed by atoms with Crippen LogP contribution in [-0.2, 0) is 31.1 Å². The van der Waals surface area contributed by atoms with Crippen molar-refractivity contribution < 1.29 is 55.6 Å². The van der Waals surface area contributed by atoms with Crippen molar-refractivity contribution >= 4 is 11.9 Å². The van der Waals surface area contributed by atoms with E-state index in [1.54, 1.807) is 13.3 Å². The van der Waals surface area contributed by atoms with Gasteiger partial charge in [0.15, 0.2) is 5.82 Å². The van der Waals surface area contributed by atoms with Crippen molar-refractivity contribution in [3.8, 4) is 11.4 Å². The number of nitrogens with zero attached hydrogens (tertiary/aromatic N) is 4. The molecule has 2 aromatic heterocycles. The summed E-state index contributed by atoms with van der Waals surface area (Å²) in [5.41, 5.74) is 3.20. The lowest BCUT2D eigenvalue weighted by atomic mass is 9.80. The van der Waals surface area contributed by atoms with Crippen molar-refractivity contribution in [1.29, 1.82) is 0 Å². The van der Waals surface area contributed by atoms with E-state index < -0.39 is 24.3 Å². The highest BCUT2D eigenvalue weighted by Gasteiger charge is 2.45. The highest BCUT2D eigenvalue weighted by Crippen LogP contribution is 2.39. The quantitative estimate of drug-likeness (QED) is 0.543. The highest BCUT2D eigenvalue weighted by molar-refractivity contribution is 5.73. The van der Waals surface area contributed by atoms with Gasteiger partial charge in [0.25, 0.3) is 0 Å². The number of carboxylic acids is 2. The van der Waals surface area contributed by atoms with Gasteiger partial charge in [0.2, 0.25) is 0 Å². The van der Waals surface area contributed by atoms with Gasteiger partial charge in [0.05, 0.1) is 30.9 Å². The Morgan fingerprint density at radius 1 is 1.13 bits per heavy atom. The number of hydrogen-bond acceptors (Lipinski definition) is 8. The molecule has 2 N–H and O–H groups in total. The maximum absolute atomic E-state index is 10.6. The molecule has 2 aromatic rings. The molecule has 4 heterocycles. The molecule has 2 aliphatic rings. The van der Waals surface area contributed by atoms with Gasteiger partial charge < -0.3 is 19.7 Å². The van der Waals surface area contributed by atoms with Crippen LogP contribution >= 0.6 is 0 Å². The number of rotatable bonds is 4. The van der Waals surface area contributed by atoms with Crippen molar-refractivity contribution in [2.45, 2.75) is 30.8 Å². The molecular formula is C22H24F6N4O6. The zero-order valence-electron chi connectivity index (χ0n) is 19.9. The van der Waals surface area contributed by atoms with Gasteiger partial charge in [-0.2, -0.15) is 26.3 Å². The molecule has 16 heteroatoms. The van der Waals surface area contributed by atoms with Crippen LogP contribution in [0.15, 0.2) is 30.7 Å². The molecule has 4 rings (SSSR count). The number of halogens is 6. The largest absolute Gasteiger partial charge is 0.490 e.